The third-order valence-corrected chi connectivity index (χ3v) is 4.10. The average molecular weight is 260 g/mol. The van der Waals surface area contributed by atoms with Crippen molar-refractivity contribution in [3.05, 3.63) is 45.4 Å². The minimum absolute atomic E-state index is 0.588. The van der Waals surface area contributed by atoms with Gasteiger partial charge in [0.1, 0.15) is 0 Å². The predicted octanol–water partition coefficient (Wildman–Crippen LogP) is 4.50. The summed E-state index contributed by atoms with van der Waals surface area (Å²) in [6.07, 6.45) is 0. The molecule has 0 saturated carbocycles. The molecule has 0 spiro atoms. The highest BCUT2D eigenvalue weighted by Crippen LogP contribution is 2.20. The highest BCUT2D eigenvalue weighted by atomic mass is 32.1. The van der Waals surface area contributed by atoms with Gasteiger partial charge in [0, 0.05) is 10.6 Å². The number of hydrogen-bond acceptors (Lipinski definition) is 3. The molecule has 0 saturated heterocycles. The van der Waals surface area contributed by atoms with Gasteiger partial charge in [0.05, 0.1) is 17.2 Å². The van der Waals surface area contributed by atoms with Crippen molar-refractivity contribution >= 4 is 17.0 Å². The summed E-state index contributed by atoms with van der Waals surface area (Å²) in [5.41, 5.74) is 3.69. The Morgan fingerprint density at radius 3 is 2.33 bits per heavy atom. The monoisotopic (exact) mass is 260 g/mol. The van der Waals surface area contributed by atoms with E-state index in [1.54, 1.807) is 11.3 Å². The minimum atomic E-state index is 0.588. The van der Waals surface area contributed by atoms with Gasteiger partial charge in [-0.2, -0.15) is 0 Å². The Morgan fingerprint density at radius 1 is 1.17 bits per heavy atom. The molecular formula is C15H20N2S. The molecule has 0 radical (unpaired) electrons. The van der Waals surface area contributed by atoms with Crippen LogP contribution >= 0.6 is 11.3 Å². The van der Waals surface area contributed by atoms with Gasteiger partial charge in [0.2, 0.25) is 0 Å². The van der Waals surface area contributed by atoms with Crippen LogP contribution in [0.1, 0.15) is 40.9 Å². The van der Waals surface area contributed by atoms with Crippen LogP contribution in [0.5, 0.6) is 0 Å². The van der Waals surface area contributed by atoms with Gasteiger partial charge in [0.25, 0.3) is 0 Å². The molecule has 0 aliphatic carbocycles. The van der Waals surface area contributed by atoms with Crippen LogP contribution in [0, 0.1) is 13.8 Å². The van der Waals surface area contributed by atoms with E-state index in [-0.39, 0.29) is 0 Å². The van der Waals surface area contributed by atoms with E-state index in [4.69, 9.17) is 0 Å². The number of rotatable bonds is 4. The Hall–Kier alpha value is -1.35. The molecule has 18 heavy (non-hydrogen) atoms. The number of nitrogens with zero attached hydrogens (tertiary/aromatic N) is 1. The van der Waals surface area contributed by atoms with Crippen molar-refractivity contribution in [2.24, 2.45) is 0 Å². The molecule has 1 N–H and O–H groups in total. The van der Waals surface area contributed by atoms with E-state index in [2.05, 4.69) is 62.3 Å². The van der Waals surface area contributed by atoms with Gasteiger partial charge < -0.3 is 5.32 Å². The first kappa shape index (κ1) is 13.1. The van der Waals surface area contributed by atoms with Crippen molar-refractivity contribution in [3.63, 3.8) is 0 Å². The fourth-order valence-electron chi connectivity index (χ4n) is 1.91. The second kappa shape index (κ2) is 5.53. The van der Waals surface area contributed by atoms with Crippen LogP contribution in [-0.2, 0) is 6.54 Å². The molecule has 1 aromatic carbocycles. The number of aryl methyl sites for hydroxylation is 2. The predicted molar refractivity (Wildman–Crippen MR) is 79.4 cm³/mol. The fourth-order valence-corrected chi connectivity index (χ4v) is 2.78. The number of benzene rings is 1. The number of hydrogen-bond donors (Lipinski definition) is 1. The van der Waals surface area contributed by atoms with E-state index in [1.807, 2.05) is 0 Å². The van der Waals surface area contributed by atoms with Crippen LogP contribution in [0.4, 0.5) is 5.69 Å². The molecular weight excluding hydrogens is 240 g/mol. The standard InChI is InChI=1S/C15H20N2S/c1-10(2)13-5-7-14(8-6-13)16-9-15-11(3)17-12(4)18-15/h5-8,10,16H,9H2,1-4H3. The summed E-state index contributed by atoms with van der Waals surface area (Å²) in [5.74, 6) is 0.588. The summed E-state index contributed by atoms with van der Waals surface area (Å²) < 4.78 is 0. The average Bonchev–Trinajstić information content (AvgIpc) is 2.66. The number of aromatic nitrogens is 1. The summed E-state index contributed by atoms with van der Waals surface area (Å²) in [7, 11) is 0. The van der Waals surface area contributed by atoms with Crippen LogP contribution in [0.3, 0.4) is 0 Å². The molecule has 0 amide bonds. The highest BCUT2D eigenvalue weighted by Gasteiger charge is 2.04. The molecule has 0 aliphatic heterocycles. The topological polar surface area (TPSA) is 24.9 Å². The Balaban J connectivity index is 2.00. The maximum absolute atomic E-state index is 4.44. The lowest BCUT2D eigenvalue weighted by Gasteiger charge is -2.08. The maximum atomic E-state index is 4.44. The molecule has 0 fully saturated rings. The van der Waals surface area contributed by atoms with Crippen molar-refractivity contribution in [3.8, 4) is 0 Å². The van der Waals surface area contributed by atoms with Crippen LogP contribution in [0.2, 0.25) is 0 Å². The Kier molecular flexibility index (Phi) is 4.02. The normalized spacial score (nSPS) is 10.9. The van der Waals surface area contributed by atoms with Crippen molar-refractivity contribution in [2.45, 2.75) is 40.2 Å². The highest BCUT2D eigenvalue weighted by molar-refractivity contribution is 7.11. The molecule has 0 unspecified atom stereocenters. The number of anilines is 1. The molecule has 0 aliphatic rings. The van der Waals surface area contributed by atoms with Gasteiger partial charge in [-0.15, -0.1) is 11.3 Å². The van der Waals surface area contributed by atoms with Gasteiger partial charge in [0.15, 0.2) is 0 Å². The van der Waals surface area contributed by atoms with Crippen LogP contribution in [-0.4, -0.2) is 4.98 Å². The molecule has 2 nitrogen and oxygen atoms in total. The first-order valence-corrected chi connectivity index (χ1v) is 7.14. The minimum Gasteiger partial charge on any atom is -0.380 e. The van der Waals surface area contributed by atoms with Crippen LogP contribution in [0.25, 0.3) is 0 Å². The zero-order chi connectivity index (χ0) is 13.1. The third-order valence-electron chi connectivity index (χ3n) is 3.03. The lowest BCUT2D eigenvalue weighted by molar-refractivity contribution is 0.867. The molecule has 0 atom stereocenters. The number of thiazole rings is 1. The second-order valence-electron chi connectivity index (χ2n) is 4.87. The quantitative estimate of drug-likeness (QED) is 0.875. The Labute approximate surface area is 113 Å². The SMILES string of the molecule is Cc1nc(C)c(CNc2ccc(C(C)C)cc2)s1. The third kappa shape index (κ3) is 3.10. The van der Waals surface area contributed by atoms with Crippen LogP contribution in [0.15, 0.2) is 24.3 Å². The van der Waals surface area contributed by atoms with E-state index in [0.717, 1.165) is 17.2 Å². The van der Waals surface area contributed by atoms with Gasteiger partial charge in [-0.05, 0) is 37.5 Å². The largest absolute Gasteiger partial charge is 0.380 e. The first-order valence-electron chi connectivity index (χ1n) is 6.33. The summed E-state index contributed by atoms with van der Waals surface area (Å²) >= 11 is 1.77. The second-order valence-corrected chi connectivity index (χ2v) is 6.16. The van der Waals surface area contributed by atoms with Crippen LogP contribution < -0.4 is 5.32 Å². The zero-order valence-corrected chi connectivity index (χ0v) is 12.3. The molecule has 1 aromatic heterocycles. The van der Waals surface area contributed by atoms with Crippen molar-refractivity contribution in [1.82, 2.24) is 4.98 Å². The summed E-state index contributed by atoms with van der Waals surface area (Å²) in [6, 6.07) is 8.69. The first-order chi connectivity index (χ1) is 8.56. The fraction of sp³-hybridized carbons (Fsp3) is 0.400. The van der Waals surface area contributed by atoms with Gasteiger partial charge in [-0.3, -0.25) is 0 Å². The van der Waals surface area contributed by atoms with Crippen molar-refractivity contribution < 1.29 is 0 Å². The molecule has 3 heteroatoms. The van der Waals surface area contributed by atoms with Gasteiger partial charge >= 0.3 is 0 Å². The van der Waals surface area contributed by atoms with Gasteiger partial charge in [-0.25, -0.2) is 4.98 Å². The van der Waals surface area contributed by atoms with Gasteiger partial charge in [-0.1, -0.05) is 26.0 Å². The molecule has 0 bridgehead atoms. The van der Waals surface area contributed by atoms with Crippen molar-refractivity contribution in [2.75, 3.05) is 5.32 Å². The van der Waals surface area contributed by atoms with E-state index in [0.29, 0.717) is 5.92 Å². The van der Waals surface area contributed by atoms with Crippen molar-refractivity contribution in [1.29, 1.82) is 0 Å². The van der Waals surface area contributed by atoms with E-state index >= 15 is 0 Å². The Bertz CT molecular complexity index is 512. The molecule has 2 aromatic rings. The zero-order valence-electron chi connectivity index (χ0n) is 11.4. The summed E-state index contributed by atoms with van der Waals surface area (Å²) in [5, 5.41) is 4.59. The molecule has 96 valence electrons. The smallest absolute Gasteiger partial charge is 0.0900 e. The summed E-state index contributed by atoms with van der Waals surface area (Å²) in [4.78, 5) is 5.76. The van der Waals surface area contributed by atoms with E-state index in [1.165, 1.54) is 16.1 Å². The lowest BCUT2D eigenvalue weighted by atomic mass is 10.0. The molecule has 1 heterocycles. The molecule has 2 rings (SSSR count). The number of nitrogens with one attached hydrogen (secondary N) is 1. The maximum Gasteiger partial charge on any atom is 0.0900 e. The summed E-state index contributed by atoms with van der Waals surface area (Å²) in [6.45, 7) is 9.41. The van der Waals surface area contributed by atoms with E-state index in [9.17, 15) is 0 Å². The Morgan fingerprint density at radius 2 is 1.83 bits per heavy atom. The lowest BCUT2D eigenvalue weighted by Crippen LogP contribution is -1.99. The van der Waals surface area contributed by atoms with E-state index < -0.39 is 0 Å².